The van der Waals surface area contributed by atoms with E-state index in [1.54, 1.807) is 0 Å². The molecule has 2 nitrogen and oxygen atoms in total. The van der Waals surface area contributed by atoms with E-state index in [-0.39, 0.29) is 5.78 Å². The Bertz CT molecular complexity index is 615. The minimum Gasteiger partial charge on any atom is -0.398 e. The molecule has 0 aliphatic carbocycles. The number of carbonyl (C=O) groups excluding carboxylic acids is 1. The van der Waals surface area contributed by atoms with Crippen molar-refractivity contribution in [2.45, 2.75) is 27.2 Å². The van der Waals surface area contributed by atoms with Crippen molar-refractivity contribution in [3.8, 4) is 0 Å². The summed E-state index contributed by atoms with van der Waals surface area (Å²) in [5, 5.41) is 0. The van der Waals surface area contributed by atoms with Crippen LogP contribution in [0.3, 0.4) is 0 Å². The van der Waals surface area contributed by atoms with Crippen LogP contribution in [-0.2, 0) is 6.42 Å². The van der Waals surface area contributed by atoms with Gasteiger partial charge < -0.3 is 5.73 Å². The van der Waals surface area contributed by atoms with Crippen molar-refractivity contribution >= 4 is 11.5 Å². The Kier molecular flexibility index (Phi) is 3.70. The molecule has 0 atom stereocenters. The van der Waals surface area contributed by atoms with Crippen LogP contribution in [0.2, 0.25) is 0 Å². The summed E-state index contributed by atoms with van der Waals surface area (Å²) >= 11 is 0. The maximum absolute atomic E-state index is 12.3. The third-order valence-electron chi connectivity index (χ3n) is 3.62. The van der Waals surface area contributed by atoms with E-state index in [1.807, 2.05) is 51.1 Å². The van der Waals surface area contributed by atoms with E-state index in [0.717, 1.165) is 33.5 Å². The number of Topliss-reactive ketones (excluding diaryl/α,β-unsaturated/α-hetero) is 1. The van der Waals surface area contributed by atoms with Gasteiger partial charge >= 0.3 is 0 Å². The van der Waals surface area contributed by atoms with E-state index in [9.17, 15) is 4.79 Å². The van der Waals surface area contributed by atoms with E-state index in [1.165, 1.54) is 0 Å². The van der Waals surface area contributed by atoms with Crippen molar-refractivity contribution in [3.05, 3.63) is 64.2 Å². The Labute approximate surface area is 114 Å². The van der Waals surface area contributed by atoms with Crippen molar-refractivity contribution in [3.63, 3.8) is 0 Å². The van der Waals surface area contributed by atoms with Gasteiger partial charge in [-0.1, -0.05) is 36.4 Å². The molecule has 98 valence electrons. The predicted octanol–water partition coefficient (Wildman–Crippen LogP) is 3.62. The highest BCUT2D eigenvalue weighted by Gasteiger charge is 2.13. The van der Waals surface area contributed by atoms with Crippen LogP contribution in [0.4, 0.5) is 5.69 Å². The second-order valence-electron chi connectivity index (χ2n) is 4.99. The van der Waals surface area contributed by atoms with E-state index >= 15 is 0 Å². The SMILES string of the molecule is Cc1cc(C)c(CC(=O)c2ccccc2)c(C)c1N. The van der Waals surface area contributed by atoms with Gasteiger partial charge in [-0.15, -0.1) is 0 Å². The fourth-order valence-corrected chi connectivity index (χ4v) is 2.40. The zero-order valence-corrected chi connectivity index (χ0v) is 11.7. The molecule has 0 amide bonds. The van der Waals surface area contributed by atoms with Gasteiger partial charge in [0.05, 0.1) is 0 Å². The van der Waals surface area contributed by atoms with Gasteiger partial charge in [0.2, 0.25) is 0 Å². The third kappa shape index (κ3) is 2.68. The summed E-state index contributed by atoms with van der Waals surface area (Å²) in [6.07, 6.45) is 0.409. The number of carbonyl (C=O) groups is 1. The normalized spacial score (nSPS) is 10.5. The highest BCUT2D eigenvalue weighted by molar-refractivity contribution is 5.98. The van der Waals surface area contributed by atoms with Gasteiger partial charge in [0.1, 0.15) is 0 Å². The van der Waals surface area contributed by atoms with Gasteiger partial charge in [-0.3, -0.25) is 4.79 Å². The maximum Gasteiger partial charge on any atom is 0.167 e. The number of benzene rings is 2. The molecule has 0 spiro atoms. The minimum absolute atomic E-state index is 0.134. The molecule has 2 heteroatoms. The minimum atomic E-state index is 0.134. The summed E-state index contributed by atoms with van der Waals surface area (Å²) < 4.78 is 0. The number of anilines is 1. The predicted molar refractivity (Wildman–Crippen MR) is 79.5 cm³/mol. The Morgan fingerprint density at radius 1 is 1.05 bits per heavy atom. The number of hydrogen-bond acceptors (Lipinski definition) is 2. The van der Waals surface area contributed by atoms with Crippen LogP contribution < -0.4 is 5.73 Å². The third-order valence-corrected chi connectivity index (χ3v) is 3.62. The fourth-order valence-electron chi connectivity index (χ4n) is 2.40. The number of ketones is 1. The second-order valence-corrected chi connectivity index (χ2v) is 4.99. The average Bonchev–Trinajstić information content (AvgIpc) is 2.42. The molecular formula is C17H19NO. The van der Waals surface area contributed by atoms with Gasteiger partial charge in [0.25, 0.3) is 0 Å². The molecular weight excluding hydrogens is 234 g/mol. The quantitative estimate of drug-likeness (QED) is 0.670. The Balaban J connectivity index is 2.35. The molecule has 2 rings (SSSR count). The molecule has 2 aromatic carbocycles. The van der Waals surface area contributed by atoms with Crippen LogP contribution >= 0.6 is 0 Å². The molecule has 0 heterocycles. The zero-order valence-electron chi connectivity index (χ0n) is 11.7. The molecule has 0 aliphatic heterocycles. The first-order valence-corrected chi connectivity index (χ1v) is 6.44. The molecule has 0 saturated carbocycles. The lowest BCUT2D eigenvalue weighted by Gasteiger charge is -2.14. The van der Waals surface area contributed by atoms with E-state index in [2.05, 4.69) is 6.07 Å². The van der Waals surface area contributed by atoms with Gasteiger partial charge in [-0.2, -0.15) is 0 Å². The first-order valence-electron chi connectivity index (χ1n) is 6.44. The monoisotopic (exact) mass is 253 g/mol. The van der Waals surface area contributed by atoms with Gasteiger partial charge in [0, 0.05) is 17.7 Å². The van der Waals surface area contributed by atoms with Crippen molar-refractivity contribution in [1.82, 2.24) is 0 Å². The molecule has 0 aromatic heterocycles. The van der Waals surface area contributed by atoms with E-state index in [4.69, 9.17) is 5.73 Å². The molecule has 0 saturated heterocycles. The highest BCUT2D eigenvalue weighted by atomic mass is 16.1. The van der Waals surface area contributed by atoms with E-state index < -0.39 is 0 Å². The van der Waals surface area contributed by atoms with Crippen molar-refractivity contribution in [2.24, 2.45) is 0 Å². The standard InChI is InChI=1S/C17H19NO/c1-11-9-12(2)17(18)13(3)15(11)10-16(19)14-7-5-4-6-8-14/h4-9H,10,18H2,1-3H3. The molecule has 0 radical (unpaired) electrons. The first kappa shape index (κ1) is 13.3. The fraction of sp³-hybridized carbons (Fsp3) is 0.235. The molecule has 0 bridgehead atoms. The highest BCUT2D eigenvalue weighted by Crippen LogP contribution is 2.25. The Morgan fingerprint density at radius 3 is 2.32 bits per heavy atom. The number of nitrogen functional groups attached to an aromatic ring is 1. The topological polar surface area (TPSA) is 43.1 Å². The van der Waals surface area contributed by atoms with Crippen LogP contribution in [0, 0.1) is 20.8 Å². The summed E-state index contributed by atoms with van der Waals surface area (Å²) in [4.78, 5) is 12.3. The summed E-state index contributed by atoms with van der Waals surface area (Å²) in [7, 11) is 0. The maximum atomic E-state index is 12.3. The number of rotatable bonds is 3. The smallest absolute Gasteiger partial charge is 0.167 e. The number of hydrogen-bond donors (Lipinski definition) is 1. The second kappa shape index (κ2) is 5.27. The molecule has 0 aliphatic rings. The lowest BCUT2D eigenvalue weighted by Crippen LogP contribution is -2.08. The summed E-state index contributed by atoms with van der Waals surface area (Å²) in [5.41, 5.74) is 11.9. The van der Waals surface area contributed by atoms with Gasteiger partial charge in [-0.05, 0) is 43.0 Å². The molecule has 0 fully saturated rings. The summed E-state index contributed by atoms with van der Waals surface area (Å²) in [5.74, 6) is 0.134. The number of nitrogens with two attached hydrogens (primary N) is 1. The average molecular weight is 253 g/mol. The van der Waals surface area contributed by atoms with Gasteiger partial charge in [-0.25, -0.2) is 0 Å². The lowest BCUT2D eigenvalue weighted by atomic mass is 9.92. The van der Waals surface area contributed by atoms with Crippen LogP contribution in [-0.4, -0.2) is 5.78 Å². The van der Waals surface area contributed by atoms with Crippen molar-refractivity contribution in [1.29, 1.82) is 0 Å². The van der Waals surface area contributed by atoms with Gasteiger partial charge in [0.15, 0.2) is 5.78 Å². The van der Waals surface area contributed by atoms with E-state index in [0.29, 0.717) is 6.42 Å². The molecule has 0 unspecified atom stereocenters. The molecule has 2 N–H and O–H groups in total. The Hall–Kier alpha value is -2.09. The lowest BCUT2D eigenvalue weighted by molar-refractivity contribution is 0.0992. The largest absolute Gasteiger partial charge is 0.398 e. The zero-order chi connectivity index (χ0) is 14.0. The van der Waals surface area contributed by atoms with Crippen LogP contribution in [0.1, 0.15) is 32.6 Å². The molecule has 19 heavy (non-hydrogen) atoms. The van der Waals surface area contributed by atoms with Crippen LogP contribution in [0.15, 0.2) is 36.4 Å². The summed E-state index contributed by atoms with van der Waals surface area (Å²) in [6.45, 7) is 6.02. The van der Waals surface area contributed by atoms with Crippen LogP contribution in [0.25, 0.3) is 0 Å². The first-order chi connectivity index (χ1) is 9.00. The Morgan fingerprint density at radius 2 is 1.68 bits per heavy atom. The van der Waals surface area contributed by atoms with Crippen LogP contribution in [0.5, 0.6) is 0 Å². The molecule has 2 aromatic rings. The van der Waals surface area contributed by atoms with Crippen molar-refractivity contribution < 1.29 is 4.79 Å². The van der Waals surface area contributed by atoms with Crippen molar-refractivity contribution in [2.75, 3.05) is 5.73 Å². The summed E-state index contributed by atoms with van der Waals surface area (Å²) in [6, 6.07) is 11.4. The number of aryl methyl sites for hydroxylation is 2.